The number of hydrogen-bond acceptors (Lipinski definition) is 3. The Morgan fingerprint density at radius 3 is 2.58 bits per heavy atom. The number of carbonyl (C=O) groups is 1. The van der Waals surface area contributed by atoms with Crippen molar-refractivity contribution in [1.29, 1.82) is 0 Å². The fraction of sp³-hybridized carbons (Fsp3) is 0.444. The van der Waals surface area contributed by atoms with Gasteiger partial charge in [0.1, 0.15) is 0 Å². The van der Waals surface area contributed by atoms with Crippen molar-refractivity contribution in [2.75, 3.05) is 26.7 Å². The van der Waals surface area contributed by atoms with Gasteiger partial charge in [0.05, 0.1) is 6.04 Å². The standard InChI is InChI=1S/C27H37N3O/c1-6-30(7-2)17-9-10-21-14-15-23(27(31)28-5)20(4)26(21)24-18-22(13-12-19(24)3)25-11-8-16-29-25/h8,12-16,18,25,29H,6-7,9-11,17H2,1-5H3,(H,28,31). The minimum Gasteiger partial charge on any atom is -0.384 e. The Labute approximate surface area is 187 Å². The minimum atomic E-state index is -0.0242. The van der Waals surface area contributed by atoms with E-state index in [0.29, 0.717) is 6.04 Å². The molecule has 0 bridgehead atoms. The second-order valence-electron chi connectivity index (χ2n) is 8.41. The molecule has 1 amide bonds. The van der Waals surface area contributed by atoms with E-state index < -0.39 is 0 Å². The zero-order valence-electron chi connectivity index (χ0n) is 19.7. The van der Waals surface area contributed by atoms with Gasteiger partial charge in [-0.05, 0) is 104 Å². The molecule has 4 nitrogen and oxygen atoms in total. The van der Waals surface area contributed by atoms with Gasteiger partial charge in [0.15, 0.2) is 0 Å². The van der Waals surface area contributed by atoms with Crippen LogP contribution in [0.4, 0.5) is 0 Å². The first-order valence-electron chi connectivity index (χ1n) is 11.6. The third kappa shape index (κ3) is 5.19. The second-order valence-corrected chi connectivity index (χ2v) is 8.41. The summed E-state index contributed by atoms with van der Waals surface area (Å²) in [5.74, 6) is -0.0242. The van der Waals surface area contributed by atoms with Gasteiger partial charge in [-0.2, -0.15) is 0 Å². The Morgan fingerprint density at radius 1 is 1.16 bits per heavy atom. The highest BCUT2D eigenvalue weighted by atomic mass is 16.1. The molecule has 0 saturated carbocycles. The molecule has 0 aromatic heterocycles. The molecule has 1 aliphatic rings. The van der Waals surface area contributed by atoms with Crippen molar-refractivity contribution in [3.8, 4) is 11.1 Å². The normalized spacial score (nSPS) is 15.4. The lowest BCUT2D eigenvalue weighted by Gasteiger charge is -2.22. The van der Waals surface area contributed by atoms with Crippen molar-refractivity contribution in [3.63, 3.8) is 0 Å². The Balaban J connectivity index is 2.03. The lowest BCUT2D eigenvalue weighted by Crippen LogP contribution is -2.24. The predicted molar refractivity (Wildman–Crippen MR) is 130 cm³/mol. The van der Waals surface area contributed by atoms with Crippen molar-refractivity contribution < 1.29 is 4.79 Å². The summed E-state index contributed by atoms with van der Waals surface area (Å²) in [6, 6.07) is 11.2. The average molecular weight is 420 g/mol. The summed E-state index contributed by atoms with van der Waals surface area (Å²) >= 11 is 0. The molecule has 31 heavy (non-hydrogen) atoms. The molecule has 3 rings (SSSR count). The highest BCUT2D eigenvalue weighted by Crippen LogP contribution is 2.35. The highest BCUT2D eigenvalue weighted by molar-refractivity contribution is 5.98. The third-order valence-electron chi connectivity index (χ3n) is 6.56. The molecule has 2 aromatic carbocycles. The van der Waals surface area contributed by atoms with Crippen LogP contribution in [0.2, 0.25) is 0 Å². The third-order valence-corrected chi connectivity index (χ3v) is 6.56. The Kier molecular flexibility index (Phi) is 7.91. The Morgan fingerprint density at radius 2 is 1.94 bits per heavy atom. The van der Waals surface area contributed by atoms with Crippen molar-refractivity contribution >= 4 is 5.91 Å². The SMILES string of the molecule is CCN(CC)CCCc1ccc(C(=O)NC)c(C)c1-c1cc(C2CC=CN2)ccc1C. The molecular weight excluding hydrogens is 382 g/mol. The summed E-state index contributed by atoms with van der Waals surface area (Å²) in [5, 5.41) is 6.25. The molecule has 1 aliphatic heterocycles. The van der Waals surface area contributed by atoms with E-state index in [-0.39, 0.29) is 5.91 Å². The minimum absolute atomic E-state index is 0.0242. The van der Waals surface area contributed by atoms with Crippen LogP contribution in [-0.4, -0.2) is 37.5 Å². The van der Waals surface area contributed by atoms with E-state index in [0.717, 1.165) is 50.0 Å². The molecule has 0 radical (unpaired) electrons. The average Bonchev–Trinajstić information content (AvgIpc) is 3.32. The first kappa shape index (κ1) is 23.1. The van der Waals surface area contributed by atoms with Crippen LogP contribution in [0.15, 0.2) is 42.6 Å². The van der Waals surface area contributed by atoms with Gasteiger partial charge in [0.25, 0.3) is 5.91 Å². The van der Waals surface area contributed by atoms with E-state index in [4.69, 9.17) is 0 Å². The maximum atomic E-state index is 12.5. The Bertz CT molecular complexity index is 936. The number of hydrogen-bond donors (Lipinski definition) is 2. The molecule has 0 spiro atoms. The highest BCUT2D eigenvalue weighted by Gasteiger charge is 2.19. The molecule has 0 aliphatic carbocycles. The first-order chi connectivity index (χ1) is 15.0. The fourth-order valence-electron chi connectivity index (χ4n) is 4.58. The molecule has 1 unspecified atom stereocenters. The van der Waals surface area contributed by atoms with Crippen LogP contribution in [0.1, 0.15) is 65.3 Å². The van der Waals surface area contributed by atoms with Gasteiger partial charge in [0.2, 0.25) is 0 Å². The molecule has 0 fully saturated rings. The molecule has 2 aromatic rings. The second kappa shape index (κ2) is 10.6. The smallest absolute Gasteiger partial charge is 0.251 e. The number of aryl methyl sites for hydroxylation is 2. The molecule has 0 saturated heterocycles. The summed E-state index contributed by atoms with van der Waals surface area (Å²) in [7, 11) is 1.70. The summed E-state index contributed by atoms with van der Waals surface area (Å²) in [5.41, 5.74) is 8.17. The van der Waals surface area contributed by atoms with Crippen molar-refractivity contribution in [2.24, 2.45) is 0 Å². The summed E-state index contributed by atoms with van der Waals surface area (Å²) in [6.45, 7) is 12.0. The molecule has 2 N–H and O–H groups in total. The summed E-state index contributed by atoms with van der Waals surface area (Å²) in [6.07, 6.45) is 7.35. The van der Waals surface area contributed by atoms with Crippen LogP contribution in [0.25, 0.3) is 11.1 Å². The summed E-state index contributed by atoms with van der Waals surface area (Å²) in [4.78, 5) is 15.0. The molecule has 4 heteroatoms. The van der Waals surface area contributed by atoms with E-state index in [1.54, 1.807) is 7.05 Å². The predicted octanol–water partition coefficient (Wildman–Crippen LogP) is 5.15. The molecule has 1 heterocycles. The van der Waals surface area contributed by atoms with Crippen molar-refractivity contribution in [3.05, 3.63) is 70.4 Å². The number of amides is 1. The maximum absolute atomic E-state index is 12.5. The topological polar surface area (TPSA) is 44.4 Å². The largest absolute Gasteiger partial charge is 0.384 e. The first-order valence-corrected chi connectivity index (χ1v) is 11.6. The fourth-order valence-corrected chi connectivity index (χ4v) is 4.58. The van der Waals surface area contributed by atoms with E-state index in [2.05, 4.69) is 73.6 Å². The van der Waals surface area contributed by atoms with Gasteiger partial charge >= 0.3 is 0 Å². The van der Waals surface area contributed by atoms with Crippen molar-refractivity contribution in [2.45, 2.75) is 53.0 Å². The number of rotatable bonds is 9. The van der Waals surface area contributed by atoms with Gasteiger partial charge in [-0.15, -0.1) is 0 Å². The van der Waals surface area contributed by atoms with E-state index in [1.807, 2.05) is 12.3 Å². The number of benzene rings is 2. The number of nitrogens with zero attached hydrogens (tertiary/aromatic N) is 1. The molecule has 166 valence electrons. The van der Waals surface area contributed by atoms with E-state index in [9.17, 15) is 4.79 Å². The zero-order chi connectivity index (χ0) is 22.4. The summed E-state index contributed by atoms with van der Waals surface area (Å²) < 4.78 is 0. The van der Waals surface area contributed by atoms with Gasteiger partial charge in [0, 0.05) is 12.6 Å². The monoisotopic (exact) mass is 419 g/mol. The lowest BCUT2D eigenvalue weighted by atomic mass is 9.86. The van der Waals surface area contributed by atoms with Crippen LogP contribution in [0.3, 0.4) is 0 Å². The molecule has 1 atom stereocenters. The zero-order valence-corrected chi connectivity index (χ0v) is 19.7. The molecular formula is C27H37N3O. The van der Waals surface area contributed by atoms with Crippen LogP contribution >= 0.6 is 0 Å². The van der Waals surface area contributed by atoms with Gasteiger partial charge in [-0.1, -0.05) is 38.1 Å². The number of nitrogens with one attached hydrogen (secondary N) is 2. The van der Waals surface area contributed by atoms with E-state index >= 15 is 0 Å². The van der Waals surface area contributed by atoms with Crippen LogP contribution in [0, 0.1) is 13.8 Å². The van der Waals surface area contributed by atoms with Crippen molar-refractivity contribution in [1.82, 2.24) is 15.5 Å². The maximum Gasteiger partial charge on any atom is 0.251 e. The van der Waals surface area contributed by atoms with Crippen LogP contribution < -0.4 is 10.6 Å². The Hall–Kier alpha value is -2.59. The van der Waals surface area contributed by atoms with E-state index in [1.165, 1.54) is 27.8 Å². The van der Waals surface area contributed by atoms with Gasteiger partial charge in [-0.25, -0.2) is 0 Å². The lowest BCUT2D eigenvalue weighted by molar-refractivity contribution is 0.0962. The quantitative estimate of drug-likeness (QED) is 0.591. The van der Waals surface area contributed by atoms with Crippen LogP contribution in [-0.2, 0) is 6.42 Å². The number of carbonyl (C=O) groups excluding carboxylic acids is 1. The van der Waals surface area contributed by atoms with Crippen LogP contribution in [0.5, 0.6) is 0 Å². The van der Waals surface area contributed by atoms with Gasteiger partial charge in [-0.3, -0.25) is 4.79 Å². The van der Waals surface area contributed by atoms with Gasteiger partial charge < -0.3 is 15.5 Å².